The fraction of sp³-hybridized carbons (Fsp3) is 0.176. The minimum Gasteiger partial charge on any atom is -0.348 e. The summed E-state index contributed by atoms with van der Waals surface area (Å²) in [5, 5.41) is 10.5. The number of nitrogens with zero attached hydrogens (tertiary/aromatic N) is 4. The Bertz CT molecular complexity index is 901. The van der Waals surface area contributed by atoms with Crippen LogP contribution in [0.3, 0.4) is 0 Å². The zero-order chi connectivity index (χ0) is 17.1. The van der Waals surface area contributed by atoms with Crippen LogP contribution < -0.4 is 5.32 Å². The number of hydrogen-bond donors (Lipinski definition) is 1. The van der Waals surface area contributed by atoms with E-state index in [9.17, 15) is 9.59 Å². The van der Waals surface area contributed by atoms with Gasteiger partial charge in [-0.2, -0.15) is 0 Å². The summed E-state index contributed by atoms with van der Waals surface area (Å²) in [7, 11) is 3.41. The average molecular weight is 323 g/mol. The van der Waals surface area contributed by atoms with E-state index >= 15 is 0 Å². The number of rotatable bonds is 4. The van der Waals surface area contributed by atoms with Crippen LogP contribution in [0.1, 0.15) is 26.3 Å². The second-order valence-electron chi connectivity index (χ2n) is 5.60. The van der Waals surface area contributed by atoms with E-state index in [4.69, 9.17) is 0 Å². The number of carbonyl (C=O) groups is 2. The highest BCUT2D eigenvalue weighted by Crippen LogP contribution is 2.08. The number of fused-ring (bicyclic) bond motifs is 1. The van der Waals surface area contributed by atoms with Gasteiger partial charge in [-0.1, -0.05) is 12.1 Å². The Hall–Kier alpha value is -3.22. The molecule has 0 saturated heterocycles. The molecule has 7 nitrogen and oxygen atoms in total. The van der Waals surface area contributed by atoms with Crippen molar-refractivity contribution in [2.75, 3.05) is 14.1 Å². The quantitative estimate of drug-likeness (QED) is 0.786. The largest absolute Gasteiger partial charge is 0.348 e. The van der Waals surface area contributed by atoms with Crippen molar-refractivity contribution in [3.05, 3.63) is 65.6 Å². The van der Waals surface area contributed by atoms with E-state index in [0.29, 0.717) is 23.3 Å². The van der Waals surface area contributed by atoms with E-state index in [0.717, 1.165) is 5.56 Å². The first-order chi connectivity index (χ1) is 11.5. The molecule has 0 unspecified atom stereocenters. The predicted octanol–water partition coefficient (Wildman–Crippen LogP) is 1.36. The van der Waals surface area contributed by atoms with Gasteiger partial charge in [0.25, 0.3) is 11.8 Å². The van der Waals surface area contributed by atoms with Crippen LogP contribution >= 0.6 is 0 Å². The molecule has 1 aromatic carbocycles. The van der Waals surface area contributed by atoms with Crippen molar-refractivity contribution in [3.63, 3.8) is 0 Å². The molecular formula is C17H17N5O2. The first kappa shape index (κ1) is 15.7. The third kappa shape index (κ3) is 3.24. The van der Waals surface area contributed by atoms with Gasteiger partial charge in [0.05, 0.1) is 5.56 Å². The second kappa shape index (κ2) is 6.49. The maximum atomic E-state index is 12.3. The monoisotopic (exact) mass is 323 g/mol. The summed E-state index contributed by atoms with van der Waals surface area (Å²) in [5.41, 5.74) is 2.66. The van der Waals surface area contributed by atoms with Crippen LogP contribution in [0.5, 0.6) is 0 Å². The van der Waals surface area contributed by atoms with Crippen molar-refractivity contribution in [2.24, 2.45) is 0 Å². The molecule has 1 N–H and O–H groups in total. The zero-order valence-electron chi connectivity index (χ0n) is 13.4. The van der Waals surface area contributed by atoms with E-state index in [2.05, 4.69) is 15.5 Å². The number of carbonyl (C=O) groups excluding carboxylic acids is 2. The lowest BCUT2D eigenvalue weighted by Crippen LogP contribution is -2.24. The van der Waals surface area contributed by atoms with Gasteiger partial charge in [0.1, 0.15) is 6.33 Å². The van der Waals surface area contributed by atoms with Gasteiger partial charge in [-0.15, -0.1) is 10.2 Å². The molecule has 0 aliphatic rings. The molecule has 24 heavy (non-hydrogen) atoms. The summed E-state index contributed by atoms with van der Waals surface area (Å²) < 4.78 is 1.69. The molecule has 0 aliphatic heterocycles. The SMILES string of the molecule is CN(C)C(=O)c1cccc(CNC(=O)c2ccc3nncn3c2)c1. The van der Waals surface area contributed by atoms with Crippen LogP contribution in [0.25, 0.3) is 5.65 Å². The second-order valence-corrected chi connectivity index (χ2v) is 5.60. The minimum atomic E-state index is -0.199. The van der Waals surface area contributed by atoms with Crippen LogP contribution in [0.15, 0.2) is 48.9 Å². The van der Waals surface area contributed by atoms with E-state index in [1.165, 1.54) is 4.90 Å². The van der Waals surface area contributed by atoms with Crippen molar-refractivity contribution in [1.29, 1.82) is 0 Å². The molecule has 2 aromatic heterocycles. The molecule has 0 bridgehead atoms. The normalized spacial score (nSPS) is 10.6. The maximum absolute atomic E-state index is 12.3. The Morgan fingerprint density at radius 3 is 2.79 bits per heavy atom. The number of aromatic nitrogens is 3. The number of benzene rings is 1. The highest BCUT2D eigenvalue weighted by molar-refractivity contribution is 5.95. The third-order valence-electron chi connectivity index (χ3n) is 3.59. The van der Waals surface area contributed by atoms with Crippen molar-refractivity contribution >= 4 is 17.5 Å². The summed E-state index contributed by atoms with van der Waals surface area (Å²) in [6, 6.07) is 10.7. The molecule has 2 amide bonds. The zero-order valence-corrected chi connectivity index (χ0v) is 13.4. The van der Waals surface area contributed by atoms with Crippen LogP contribution in [-0.4, -0.2) is 45.4 Å². The number of amides is 2. The smallest absolute Gasteiger partial charge is 0.253 e. The van der Waals surface area contributed by atoms with E-state index in [1.54, 1.807) is 61.4 Å². The highest BCUT2D eigenvalue weighted by atomic mass is 16.2. The molecule has 0 atom stereocenters. The molecule has 0 radical (unpaired) electrons. The van der Waals surface area contributed by atoms with Gasteiger partial charge in [-0.3, -0.25) is 14.0 Å². The van der Waals surface area contributed by atoms with Crippen LogP contribution in [0.4, 0.5) is 0 Å². The van der Waals surface area contributed by atoms with Gasteiger partial charge in [0.15, 0.2) is 5.65 Å². The highest BCUT2D eigenvalue weighted by Gasteiger charge is 2.10. The van der Waals surface area contributed by atoms with Crippen LogP contribution in [0.2, 0.25) is 0 Å². The Labute approximate surface area is 138 Å². The molecule has 122 valence electrons. The van der Waals surface area contributed by atoms with Crippen LogP contribution in [0, 0.1) is 0 Å². The topological polar surface area (TPSA) is 79.6 Å². The Morgan fingerprint density at radius 2 is 2.00 bits per heavy atom. The van der Waals surface area contributed by atoms with Gasteiger partial charge in [0.2, 0.25) is 0 Å². The summed E-state index contributed by atoms with van der Waals surface area (Å²) in [6.07, 6.45) is 3.22. The lowest BCUT2D eigenvalue weighted by Gasteiger charge is -2.11. The predicted molar refractivity (Wildman–Crippen MR) is 88.6 cm³/mol. The standard InChI is InChI=1S/C17H17N5O2/c1-21(2)17(24)13-5-3-4-12(8-13)9-18-16(23)14-6-7-15-20-19-11-22(15)10-14/h3-8,10-11H,9H2,1-2H3,(H,18,23). The van der Waals surface area contributed by atoms with Crippen molar-refractivity contribution in [1.82, 2.24) is 24.8 Å². The minimum absolute atomic E-state index is 0.0683. The molecule has 0 fully saturated rings. The number of pyridine rings is 1. The van der Waals surface area contributed by atoms with Crippen molar-refractivity contribution in [2.45, 2.75) is 6.54 Å². The van der Waals surface area contributed by atoms with Crippen molar-refractivity contribution < 1.29 is 9.59 Å². The van der Waals surface area contributed by atoms with E-state index in [-0.39, 0.29) is 11.8 Å². The van der Waals surface area contributed by atoms with Gasteiger partial charge in [-0.25, -0.2) is 0 Å². The Morgan fingerprint density at radius 1 is 1.17 bits per heavy atom. The molecule has 3 aromatic rings. The number of hydrogen-bond acceptors (Lipinski definition) is 4. The molecule has 7 heteroatoms. The maximum Gasteiger partial charge on any atom is 0.253 e. The lowest BCUT2D eigenvalue weighted by molar-refractivity contribution is 0.0827. The third-order valence-corrected chi connectivity index (χ3v) is 3.59. The summed E-state index contributed by atoms with van der Waals surface area (Å²) in [6.45, 7) is 0.341. The van der Waals surface area contributed by atoms with Gasteiger partial charge < -0.3 is 10.2 Å². The fourth-order valence-corrected chi connectivity index (χ4v) is 2.32. The lowest BCUT2D eigenvalue weighted by atomic mass is 10.1. The van der Waals surface area contributed by atoms with Gasteiger partial charge >= 0.3 is 0 Å². The molecule has 3 rings (SSSR count). The summed E-state index contributed by atoms with van der Waals surface area (Å²) in [4.78, 5) is 25.8. The first-order valence-electron chi connectivity index (χ1n) is 7.43. The fourth-order valence-electron chi connectivity index (χ4n) is 2.32. The van der Waals surface area contributed by atoms with Crippen molar-refractivity contribution in [3.8, 4) is 0 Å². The molecule has 0 aliphatic carbocycles. The first-order valence-corrected chi connectivity index (χ1v) is 7.43. The Balaban J connectivity index is 1.69. The average Bonchev–Trinajstić information content (AvgIpc) is 3.06. The summed E-state index contributed by atoms with van der Waals surface area (Å²) >= 11 is 0. The van der Waals surface area contributed by atoms with E-state index in [1.807, 2.05) is 6.07 Å². The molecule has 0 spiro atoms. The molecule has 0 saturated carbocycles. The molecular weight excluding hydrogens is 306 g/mol. The molecule has 2 heterocycles. The van der Waals surface area contributed by atoms with Gasteiger partial charge in [0, 0.05) is 32.4 Å². The number of nitrogens with one attached hydrogen (secondary N) is 1. The van der Waals surface area contributed by atoms with Crippen LogP contribution in [-0.2, 0) is 6.54 Å². The Kier molecular flexibility index (Phi) is 4.24. The van der Waals surface area contributed by atoms with E-state index < -0.39 is 0 Å². The summed E-state index contributed by atoms with van der Waals surface area (Å²) in [5.74, 6) is -0.267. The van der Waals surface area contributed by atoms with Gasteiger partial charge in [-0.05, 0) is 29.8 Å².